The summed E-state index contributed by atoms with van der Waals surface area (Å²) < 4.78 is 10.5. The van der Waals surface area contributed by atoms with Gasteiger partial charge in [-0.1, -0.05) is 12.1 Å². The predicted molar refractivity (Wildman–Crippen MR) is 61.2 cm³/mol. The lowest BCUT2D eigenvalue weighted by Gasteiger charge is -2.07. The Hall–Kier alpha value is -1.69. The molecule has 0 bridgehead atoms. The zero-order chi connectivity index (χ0) is 12.3. The average Bonchev–Trinajstić information content (AvgIpc) is 2.93. The molecule has 1 atom stereocenters. The Kier molecular flexibility index (Phi) is 3.53. The van der Waals surface area contributed by atoms with E-state index < -0.39 is 0 Å². The van der Waals surface area contributed by atoms with Gasteiger partial charge in [-0.15, -0.1) is 10.2 Å². The summed E-state index contributed by atoms with van der Waals surface area (Å²) in [5.74, 6) is 1.70. The average molecular weight is 236 g/mol. The predicted octanol–water partition coefficient (Wildman–Crippen LogP) is 2.09. The summed E-state index contributed by atoms with van der Waals surface area (Å²) in [4.78, 5) is 0. The van der Waals surface area contributed by atoms with Crippen LogP contribution in [0.15, 0.2) is 15.1 Å². The van der Waals surface area contributed by atoms with Crippen molar-refractivity contribution in [1.29, 1.82) is 0 Å². The largest absolute Gasteiger partial charge is 0.419 e. The van der Waals surface area contributed by atoms with Crippen molar-refractivity contribution in [3.05, 3.63) is 17.8 Å². The number of hydrogen-bond acceptors (Lipinski definition) is 6. The minimum Gasteiger partial charge on any atom is -0.419 e. The maximum atomic E-state index is 5.58. The van der Waals surface area contributed by atoms with Crippen LogP contribution in [-0.4, -0.2) is 21.9 Å². The fourth-order valence-electron chi connectivity index (χ4n) is 1.47. The van der Waals surface area contributed by atoms with Gasteiger partial charge in [0.25, 0.3) is 5.89 Å². The van der Waals surface area contributed by atoms with E-state index in [1.165, 1.54) is 0 Å². The molecule has 0 aromatic carbocycles. The molecular weight excluding hydrogens is 220 g/mol. The molecular formula is C11H16N4O2. The molecule has 92 valence electrons. The van der Waals surface area contributed by atoms with Crippen molar-refractivity contribution in [1.82, 2.24) is 20.7 Å². The number of nitrogens with one attached hydrogen (secondary N) is 1. The molecule has 17 heavy (non-hydrogen) atoms. The van der Waals surface area contributed by atoms with Gasteiger partial charge in [0.15, 0.2) is 0 Å². The van der Waals surface area contributed by atoms with Crippen LogP contribution in [0, 0.1) is 6.92 Å². The number of hydrogen-bond donors (Lipinski definition) is 1. The van der Waals surface area contributed by atoms with E-state index in [9.17, 15) is 0 Å². The Morgan fingerprint density at radius 2 is 2.24 bits per heavy atom. The number of rotatable bonds is 5. The third-order valence-electron chi connectivity index (χ3n) is 2.49. The molecule has 6 nitrogen and oxygen atoms in total. The lowest BCUT2D eigenvalue weighted by atomic mass is 10.3. The Labute approximate surface area is 99.4 Å². The lowest BCUT2D eigenvalue weighted by Crippen LogP contribution is -2.19. The van der Waals surface area contributed by atoms with Gasteiger partial charge in [-0.3, -0.25) is 0 Å². The van der Waals surface area contributed by atoms with E-state index in [2.05, 4.69) is 27.6 Å². The first-order chi connectivity index (χ1) is 8.22. The zero-order valence-corrected chi connectivity index (χ0v) is 10.2. The molecule has 2 heterocycles. The van der Waals surface area contributed by atoms with E-state index in [1.807, 2.05) is 13.8 Å². The summed E-state index contributed by atoms with van der Waals surface area (Å²) in [6.45, 7) is 6.84. The second-order valence-corrected chi connectivity index (χ2v) is 3.92. The topological polar surface area (TPSA) is 77.0 Å². The summed E-state index contributed by atoms with van der Waals surface area (Å²) in [5, 5.41) is 15.0. The fraction of sp³-hybridized carbons (Fsp3) is 0.545. The molecule has 0 aliphatic rings. The summed E-state index contributed by atoms with van der Waals surface area (Å²) in [5.41, 5.74) is 0.742. The SMILES string of the molecule is CCCNC(C)c1nnc(-c2cnoc2C)o1. The first kappa shape index (κ1) is 11.8. The van der Waals surface area contributed by atoms with Crippen molar-refractivity contribution >= 4 is 0 Å². The summed E-state index contributed by atoms with van der Waals surface area (Å²) in [6, 6.07) is 0.0522. The number of aromatic nitrogens is 3. The van der Waals surface area contributed by atoms with E-state index in [0.717, 1.165) is 18.5 Å². The van der Waals surface area contributed by atoms with Crippen LogP contribution < -0.4 is 5.32 Å². The van der Waals surface area contributed by atoms with Crippen molar-refractivity contribution in [2.45, 2.75) is 33.2 Å². The first-order valence-corrected chi connectivity index (χ1v) is 5.70. The van der Waals surface area contributed by atoms with Gasteiger partial charge in [-0.05, 0) is 26.8 Å². The highest BCUT2D eigenvalue weighted by molar-refractivity contribution is 5.52. The van der Waals surface area contributed by atoms with Gasteiger partial charge >= 0.3 is 0 Å². The smallest absolute Gasteiger partial charge is 0.253 e. The van der Waals surface area contributed by atoms with Gasteiger partial charge in [0.2, 0.25) is 5.89 Å². The Morgan fingerprint density at radius 1 is 1.41 bits per heavy atom. The molecule has 0 aliphatic heterocycles. The quantitative estimate of drug-likeness (QED) is 0.856. The third kappa shape index (κ3) is 2.52. The fourth-order valence-corrected chi connectivity index (χ4v) is 1.47. The van der Waals surface area contributed by atoms with Crippen LogP contribution in [0.1, 0.15) is 38.0 Å². The second-order valence-electron chi connectivity index (χ2n) is 3.92. The van der Waals surface area contributed by atoms with Crippen LogP contribution >= 0.6 is 0 Å². The van der Waals surface area contributed by atoms with Gasteiger partial charge < -0.3 is 14.3 Å². The first-order valence-electron chi connectivity index (χ1n) is 5.70. The molecule has 6 heteroatoms. The molecule has 0 saturated carbocycles. The van der Waals surface area contributed by atoms with Gasteiger partial charge in [0.1, 0.15) is 11.3 Å². The van der Waals surface area contributed by atoms with Crippen LogP contribution in [0.3, 0.4) is 0 Å². The lowest BCUT2D eigenvalue weighted by molar-refractivity contribution is 0.396. The van der Waals surface area contributed by atoms with Crippen molar-refractivity contribution < 1.29 is 8.94 Å². The highest BCUT2D eigenvalue weighted by Crippen LogP contribution is 2.23. The van der Waals surface area contributed by atoms with Crippen LogP contribution in [0.2, 0.25) is 0 Å². The summed E-state index contributed by atoms with van der Waals surface area (Å²) in [6.07, 6.45) is 2.65. The second kappa shape index (κ2) is 5.09. The molecule has 1 unspecified atom stereocenters. The number of aryl methyl sites for hydroxylation is 1. The highest BCUT2D eigenvalue weighted by atomic mass is 16.5. The van der Waals surface area contributed by atoms with Crippen molar-refractivity contribution in [2.75, 3.05) is 6.54 Å². The standard InChI is InChI=1S/C11H16N4O2/c1-4-5-12-7(2)10-14-15-11(16-10)9-6-13-17-8(9)3/h6-7,12H,4-5H2,1-3H3. The van der Waals surface area contributed by atoms with E-state index in [-0.39, 0.29) is 6.04 Å². The normalized spacial score (nSPS) is 12.9. The Morgan fingerprint density at radius 3 is 2.88 bits per heavy atom. The van der Waals surface area contributed by atoms with Crippen molar-refractivity contribution in [3.8, 4) is 11.5 Å². The van der Waals surface area contributed by atoms with Crippen molar-refractivity contribution in [3.63, 3.8) is 0 Å². The summed E-state index contributed by atoms with van der Waals surface area (Å²) >= 11 is 0. The van der Waals surface area contributed by atoms with E-state index in [0.29, 0.717) is 17.5 Å². The Balaban J connectivity index is 2.13. The molecule has 2 aromatic rings. The maximum absolute atomic E-state index is 5.58. The van der Waals surface area contributed by atoms with E-state index in [1.54, 1.807) is 6.20 Å². The molecule has 1 N–H and O–H groups in total. The van der Waals surface area contributed by atoms with Gasteiger partial charge in [0, 0.05) is 0 Å². The maximum Gasteiger partial charge on any atom is 0.253 e. The molecule has 0 amide bonds. The summed E-state index contributed by atoms with van der Waals surface area (Å²) in [7, 11) is 0. The van der Waals surface area contributed by atoms with E-state index >= 15 is 0 Å². The van der Waals surface area contributed by atoms with Gasteiger partial charge in [0.05, 0.1) is 12.2 Å². The molecule has 0 aliphatic carbocycles. The van der Waals surface area contributed by atoms with Crippen LogP contribution in [-0.2, 0) is 0 Å². The molecule has 0 spiro atoms. The third-order valence-corrected chi connectivity index (χ3v) is 2.49. The van der Waals surface area contributed by atoms with Crippen LogP contribution in [0.4, 0.5) is 0 Å². The van der Waals surface area contributed by atoms with E-state index in [4.69, 9.17) is 8.94 Å². The Bertz CT molecular complexity index is 477. The zero-order valence-electron chi connectivity index (χ0n) is 10.2. The monoisotopic (exact) mass is 236 g/mol. The molecule has 0 radical (unpaired) electrons. The molecule has 2 rings (SSSR count). The molecule has 0 fully saturated rings. The number of nitrogens with zero attached hydrogens (tertiary/aromatic N) is 3. The molecule has 0 saturated heterocycles. The van der Waals surface area contributed by atoms with Crippen molar-refractivity contribution in [2.24, 2.45) is 0 Å². The van der Waals surface area contributed by atoms with Crippen LogP contribution in [0.5, 0.6) is 0 Å². The van der Waals surface area contributed by atoms with Crippen LogP contribution in [0.25, 0.3) is 11.5 Å². The highest BCUT2D eigenvalue weighted by Gasteiger charge is 2.17. The molecule has 2 aromatic heterocycles. The minimum absolute atomic E-state index is 0.0522. The van der Waals surface area contributed by atoms with Gasteiger partial charge in [-0.2, -0.15) is 0 Å². The van der Waals surface area contributed by atoms with Gasteiger partial charge in [-0.25, -0.2) is 0 Å². The minimum atomic E-state index is 0.0522.